The molecule has 4 nitrogen and oxygen atoms in total. The van der Waals surface area contributed by atoms with Gasteiger partial charge in [-0.25, -0.2) is 0 Å². The molecular weight excluding hydrogens is 264 g/mol. The molecule has 116 valence electrons. The molecule has 0 aliphatic rings. The van der Waals surface area contributed by atoms with E-state index in [0.717, 1.165) is 32.2 Å². The molecule has 1 aromatic carbocycles. The molecule has 1 N–H and O–H groups in total. The first-order valence-corrected chi connectivity index (χ1v) is 7.68. The summed E-state index contributed by atoms with van der Waals surface area (Å²) in [4.78, 5) is 25.1. The molecule has 0 aliphatic carbocycles. The van der Waals surface area contributed by atoms with Gasteiger partial charge in [-0.15, -0.1) is 0 Å². The van der Waals surface area contributed by atoms with Crippen LogP contribution in [0.3, 0.4) is 0 Å². The number of carbonyl (C=O) groups excluding carboxylic acids is 2. The molecule has 0 radical (unpaired) electrons. The van der Waals surface area contributed by atoms with Crippen molar-refractivity contribution in [2.24, 2.45) is 0 Å². The van der Waals surface area contributed by atoms with Gasteiger partial charge in [0.25, 0.3) is 0 Å². The summed E-state index contributed by atoms with van der Waals surface area (Å²) >= 11 is 0. The number of unbranched alkanes of at least 4 members (excludes halogenated alkanes) is 1. The molecule has 2 amide bonds. The fourth-order valence-electron chi connectivity index (χ4n) is 2.02. The summed E-state index contributed by atoms with van der Waals surface area (Å²) in [6.45, 7) is 3.41. The summed E-state index contributed by atoms with van der Waals surface area (Å²) in [5.74, 6) is -0.291. The molecule has 21 heavy (non-hydrogen) atoms. The molecule has 0 aliphatic heterocycles. The van der Waals surface area contributed by atoms with Crippen molar-refractivity contribution >= 4 is 11.8 Å². The van der Waals surface area contributed by atoms with Gasteiger partial charge in [0, 0.05) is 20.1 Å². The number of hydrogen-bond donors (Lipinski definition) is 1. The number of benzene rings is 1. The van der Waals surface area contributed by atoms with E-state index in [0.29, 0.717) is 6.54 Å². The number of amides is 2. The Bertz CT molecular complexity index is 432. The van der Waals surface area contributed by atoms with E-state index in [2.05, 4.69) is 24.4 Å². The zero-order chi connectivity index (χ0) is 15.5. The second-order valence-corrected chi connectivity index (χ2v) is 5.28. The van der Waals surface area contributed by atoms with Crippen molar-refractivity contribution in [1.82, 2.24) is 10.2 Å². The Morgan fingerprint density at radius 1 is 1.14 bits per heavy atom. The van der Waals surface area contributed by atoms with Crippen molar-refractivity contribution < 1.29 is 9.59 Å². The second-order valence-electron chi connectivity index (χ2n) is 5.28. The molecule has 1 aromatic rings. The zero-order valence-electron chi connectivity index (χ0n) is 13.1. The summed E-state index contributed by atoms with van der Waals surface area (Å²) in [5, 5.41) is 2.81. The third-order valence-electron chi connectivity index (χ3n) is 3.39. The van der Waals surface area contributed by atoms with Gasteiger partial charge in [0.1, 0.15) is 6.42 Å². The van der Waals surface area contributed by atoms with Crippen LogP contribution in [0.15, 0.2) is 30.3 Å². The average molecular weight is 290 g/mol. The maximum absolute atomic E-state index is 11.8. The van der Waals surface area contributed by atoms with Gasteiger partial charge in [0.2, 0.25) is 11.8 Å². The molecule has 0 saturated heterocycles. The van der Waals surface area contributed by atoms with Crippen molar-refractivity contribution in [2.45, 2.75) is 39.0 Å². The first-order chi connectivity index (χ1) is 10.1. The van der Waals surface area contributed by atoms with E-state index < -0.39 is 0 Å². The minimum absolute atomic E-state index is 0.0500. The van der Waals surface area contributed by atoms with Gasteiger partial charge >= 0.3 is 0 Å². The Morgan fingerprint density at radius 2 is 1.86 bits per heavy atom. The monoisotopic (exact) mass is 290 g/mol. The van der Waals surface area contributed by atoms with Gasteiger partial charge < -0.3 is 10.2 Å². The van der Waals surface area contributed by atoms with Crippen LogP contribution >= 0.6 is 0 Å². The van der Waals surface area contributed by atoms with Crippen molar-refractivity contribution in [3.05, 3.63) is 35.9 Å². The number of hydrogen-bond acceptors (Lipinski definition) is 2. The Morgan fingerprint density at radius 3 is 2.52 bits per heavy atom. The molecule has 0 unspecified atom stereocenters. The standard InChI is InChI=1S/C17H26N2O2/c1-3-4-13-19(2)17(21)14-16(20)18-12-8-11-15-9-6-5-7-10-15/h5-7,9-10H,3-4,8,11-14H2,1-2H3,(H,18,20). The van der Waals surface area contributed by atoms with Crippen LogP contribution < -0.4 is 5.32 Å². The highest BCUT2D eigenvalue weighted by Crippen LogP contribution is 2.01. The molecule has 0 aromatic heterocycles. The zero-order valence-corrected chi connectivity index (χ0v) is 13.1. The van der Waals surface area contributed by atoms with E-state index in [1.807, 2.05) is 18.2 Å². The van der Waals surface area contributed by atoms with Crippen molar-refractivity contribution in [3.63, 3.8) is 0 Å². The van der Waals surface area contributed by atoms with Crippen LogP contribution in [-0.2, 0) is 16.0 Å². The van der Waals surface area contributed by atoms with Crippen LogP contribution in [-0.4, -0.2) is 36.9 Å². The minimum atomic E-state index is -0.184. The summed E-state index contributed by atoms with van der Waals surface area (Å²) in [5.41, 5.74) is 1.27. The molecular formula is C17H26N2O2. The Kier molecular flexibility index (Phi) is 8.17. The second kappa shape index (κ2) is 9.97. The highest BCUT2D eigenvalue weighted by molar-refractivity contribution is 5.96. The van der Waals surface area contributed by atoms with Crippen LogP contribution in [0, 0.1) is 0 Å². The molecule has 0 bridgehead atoms. The van der Waals surface area contributed by atoms with Crippen LogP contribution in [0.4, 0.5) is 0 Å². The normalized spacial score (nSPS) is 10.2. The highest BCUT2D eigenvalue weighted by Gasteiger charge is 2.12. The fourth-order valence-corrected chi connectivity index (χ4v) is 2.02. The number of carbonyl (C=O) groups is 2. The number of nitrogens with zero attached hydrogens (tertiary/aromatic N) is 1. The van der Waals surface area contributed by atoms with Crippen LogP contribution in [0.2, 0.25) is 0 Å². The van der Waals surface area contributed by atoms with Gasteiger partial charge in [-0.3, -0.25) is 9.59 Å². The fraction of sp³-hybridized carbons (Fsp3) is 0.529. The third-order valence-corrected chi connectivity index (χ3v) is 3.39. The lowest BCUT2D eigenvalue weighted by Crippen LogP contribution is -2.34. The molecule has 0 saturated carbocycles. The third kappa shape index (κ3) is 7.49. The summed E-state index contributed by atoms with van der Waals surface area (Å²) in [7, 11) is 1.75. The lowest BCUT2D eigenvalue weighted by atomic mass is 10.1. The van der Waals surface area contributed by atoms with Crippen molar-refractivity contribution in [2.75, 3.05) is 20.1 Å². The smallest absolute Gasteiger partial charge is 0.231 e. The molecule has 0 atom stereocenters. The van der Waals surface area contributed by atoms with Gasteiger partial charge in [-0.2, -0.15) is 0 Å². The van der Waals surface area contributed by atoms with Crippen LogP contribution in [0.5, 0.6) is 0 Å². The number of nitrogens with one attached hydrogen (secondary N) is 1. The first kappa shape index (κ1) is 17.2. The maximum Gasteiger partial charge on any atom is 0.231 e. The van der Waals surface area contributed by atoms with Gasteiger partial charge in [-0.1, -0.05) is 43.7 Å². The van der Waals surface area contributed by atoms with Crippen LogP contribution in [0.25, 0.3) is 0 Å². The Hall–Kier alpha value is -1.84. The lowest BCUT2D eigenvalue weighted by molar-refractivity contribution is -0.135. The van der Waals surface area contributed by atoms with E-state index in [-0.39, 0.29) is 18.2 Å². The quantitative estimate of drug-likeness (QED) is 0.561. The summed E-state index contributed by atoms with van der Waals surface area (Å²) in [6.07, 6.45) is 3.79. The summed E-state index contributed by atoms with van der Waals surface area (Å²) in [6, 6.07) is 10.2. The number of aryl methyl sites for hydroxylation is 1. The predicted molar refractivity (Wildman–Crippen MR) is 84.9 cm³/mol. The van der Waals surface area contributed by atoms with Crippen molar-refractivity contribution in [3.8, 4) is 0 Å². The molecule has 0 fully saturated rings. The predicted octanol–water partition coefficient (Wildman–Crippen LogP) is 2.38. The van der Waals surface area contributed by atoms with E-state index in [4.69, 9.17) is 0 Å². The molecule has 0 heterocycles. The average Bonchev–Trinajstić information content (AvgIpc) is 2.50. The van der Waals surface area contributed by atoms with Crippen LogP contribution in [0.1, 0.15) is 38.2 Å². The van der Waals surface area contributed by atoms with E-state index in [1.165, 1.54) is 5.56 Å². The lowest BCUT2D eigenvalue weighted by Gasteiger charge is -2.16. The van der Waals surface area contributed by atoms with Crippen molar-refractivity contribution in [1.29, 1.82) is 0 Å². The van der Waals surface area contributed by atoms with Gasteiger partial charge in [-0.05, 0) is 24.8 Å². The van der Waals surface area contributed by atoms with E-state index in [1.54, 1.807) is 11.9 Å². The molecule has 1 rings (SSSR count). The molecule has 0 spiro atoms. The SMILES string of the molecule is CCCCN(C)C(=O)CC(=O)NCCCc1ccccc1. The largest absolute Gasteiger partial charge is 0.356 e. The molecule has 4 heteroatoms. The Balaban J connectivity index is 2.14. The van der Waals surface area contributed by atoms with Gasteiger partial charge in [0.05, 0.1) is 0 Å². The van der Waals surface area contributed by atoms with Gasteiger partial charge in [0.15, 0.2) is 0 Å². The summed E-state index contributed by atoms with van der Waals surface area (Å²) < 4.78 is 0. The number of rotatable bonds is 9. The maximum atomic E-state index is 11.8. The topological polar surface area (TPSA) is 49.4 Å². The first-order valence-electron chi connectivity index (χ1n) is 7.68. The minimum Gasteiger partial charge on any atom is -0.356 e. The van der Waals surface area contributed by atoms with E-state index in [9.17, 15) is 9.59 Å². The Labute approximate surface area is 127 Å². The highest BCUT2D eigenvalue weighted by atomic mass is 16.2. The van der Waals surface area contributed by atoms with E-state index >= 15 is 0 Å².